The fraction of sp³-hybridized carbons (Fsp3) is 0.273. The van der Waals surface area contributed by atoms with Gasteiger partial charge in [-0.1, -0.05) is 54.5 Å². The molecule has 0 aliphatic carbocycles. The highest BCUT2D eigenvalue weighted by molar-refractivity contribution is 5.99. The maximum Gasteiger partial charge on any atom is 0.260 e. The summed E-state index contributed by atoms with van der Waals surface area (Å²) in [5, 5.41) is 6.86. The molecule has 0 bridgehead atoms. The van der Waals surface area contributed by atoms with Crippen LogP contribution >= 0.6 is 0 Å². The van der Waals surface area contributed by atoms with Crippen molar-refractivity contribution in [2.24, 2.45) is 5.92 Å². The van der Waals surface area contributed by atoms with Crippen molar-refractivity contribution in [3.8, 4) is 11.5 Å². The number of nitrogens with zero attached hydrogens (tertiary/aromatic N) is 3. The second-order valence-corrected chi connectivity index (χ2v) is 7.07. The molecule has 2 heterocycles. The number of aromatic nitrogens is 2. The summed E-state index contributed by atoms with van der Waals surface area (Å²) in [6.07, 6.45) is 0.876. The number of carbonyl (C=O) groups excluding carboxylic acids is 2. The SMILES string of the molecule is CCc1noc(-c2ccccc2NC(=O)[C@@H]2CC(=O)N(Cc3ccccc3)C2)n1. The Kier molecular flexibility index (Phi) is 5.37. The fourth-order valence-electron chi connectivity index (χ4n) is 3.42. The van der Waals surface area contributed by atoms with Crippen LogP contribution in [0.25, 0.3) is 11.5 Å². The Hall–Kier alpha value is -3.48. The number of amides is 2. The molecule has 1 aromatic heterocycles. The van der Waals surface area contributed by atoms with Gasteiger partial charge >= 0.3 is 0 Å². The Morgan fingerprint density at radius 3 is 2.69 bits per heavy atom. The van der Waals surface area contributed by atoms with Crippen LogP contribution in [0.3, 0.4) is 0 Å². The normalized spacial score (nSPS) is 16.2. The van der Waals surface area contributed by atoms with Gasteiger partial charge in [-0.15, -0.1) is 0 Å². The van der Waals surface area contributed by atoms with E-state index in [1.807, 2.05) is 55.5 Å². The lowest BCUT2D eigenvalue weighted by Gasteiger charge is -2.17. The maximum absolute atomic E-state index is 12.8. The van der Waals surface area contributed by atoms with Gasteiger partial charge in [-0.25, -0.2) is 0 Å². The third-order valence-electron chi connectivity index (χ3n) is 5.00. The second-order valence-electron chi connectivity index (χ2n) is 7.07. The van der Waals surface area contributed by atoms with Crippen molar-refractivity contribution in [2.75, 3.05) is 11.9 Å². The van der Waals surface area contributed by atoms with Crippen molar-refractivity contribution >= 4 is 17.5 Å². The minimum Gasteiger partial charge on any atom is -0.338 e. The molecule has 1 atom stereocenters. The van der Waals surface area contributed by atoms with Crippen LogP contribution in [0.5, 0.6) is 0 Å². The highest BCUT2D eigenvalue weighted by atomic mass is 16.5. The van der Waals surface area contributed by atoms with E-state index in [4.69, 9.17) is 4.52 Å². The molecule has 0 unspecified atom stereocenters. The molecule has 29 heavy (non-hydrogen) atoms. The Labute approximate surface area is 168 Å². The zero-order valence-corrected chi connectivity index (χ0v) is 16.2. The van der Waals surface area contributed by atoms with Gasteiger partial charge in [0, 0.05) is 25.9 Å². The van der Waals surface area contributed by atoms with Crippen LogP contribution in [-0.2, 0) is 22.6 Å². The predicted molar refractivity (Wildman–Crippen MR) is 108 cm³/mol. The molecule has 4 rings (SSSR count). The van der Waals surface area contributed by atoms with Gasteiger partial charge in [-0.2, -0.15) is 4.98 Å². The molecule has 7 nitrogen and oxygen atoms in total. The average Bonchev–Trinajstić information content (AvgIpc) is 3.36. The van der Waals surface area contributed by atoms with Gasteiger partial charge in [-0.05, 0) is 17.7 Å². The van der Waals surface area contributed by atoms with Gasteiger partial charge in [0.25, 0.3) is 5.89 Å². The third kappa shape index (κ3) is 4.18. The predicted octanol–water partition coefficient (Wildman–Crippen LogP) is 3.29. The first-order valence-corrected chi connectivity index (χ1v) is 9.68. The van der Waals surface area contributed by atoms with E-state index in [1.165, 1.54) is 0 Å². The molecule has 148 valence electrons. The van der Waals surface area contributed by atoms with Crippen LogP contribution in [0.2, 0.25) is 0 Å². The lowest BCUT2D eigenvalue weighted by molar-refractivity contribution is -0.128. The Morgan fingerprint density at radius 1 is 1.17 bits per heavy atom. The van der Waals surface area contributed by atoms with Crippen molar-refractivity contribution < 1.29 is 14.1 Å². The lowest BCUT2D eigenvalue weighted by Crippen LogP contribution is -2.28. The fourth-order valence-corrected chi connectivity index (χ4v) is 3.42. The molecular weight excluding hydrogens is 368 g/mol. The zero-order chi connectivity index (χ0) is 20.2. The average molecular weight is 390 g/mol. The summed E-state index contributed by atoms with van der Waals surface area (Å²) in [4.78, 5) is 31.3. The van der Waals surface area contributed by atoms with E-state index in [2.05, 4.69) is 15.5 Å². The molecule has 1 saturated heterocycles. The zero-order valence-electron chi connectivity index (χ0n) is 16.2. The summed E-state index contributed by atoms with van der Waals surface area (Å²) in [6, 6.07) is 17.1. The molecule has 1 N–H and O–H groups in total. The monoisotopic (exact) mass is 390 g/mol. The van der Waals surface area contributed by atoms with Crippen molar-refractivity contribution in [1.82, 2.24) is 15.0 Å². The van der Waals surface area contributed by atoms with Gasteiger partial charge in [0.2, 0.25) is 11.8 Å². The van der Waals surface area contributed by atoms with E-state index < -0.39 is 5.92 Å². The lowest BCUT2D eigenvalue weighted by atomic mass is 10.1. The standard InChI is InChI=1S/C22H22N4O3/c1-2-19-24-22(29-25-19)17-10-6-7-11-18(17)23-21(28)16-12-20(27)26(14-16)13-15-8-4-3-5-9-15/h3-11,16H,2,12-14H2,1H3,(H,23,28)/t16-/m1/s1. The Morgan fingerprint density at radius 2 is 1.93 bits per heavy atom. The number of likely N-dealkylation sites (tertiary alicyclic amines) is 1. The minimum atomic E-state index is -0.395. The molecule has 1 fully saturated rings. The van der Waals surface area contributed by atoms with E-state index in [1.54, 1.807) is 11.0 Å². The summed E-state index contributed by atoms with van der Waals surface area (Å²) in [7, 11) is 0. The Bertz CT molecular complexity index is 1020. The Balaban J connectivity index is 1.46. The number of hydrogen-bond donors (Lipinski definition) is 1. The smallest absolute Gasteiger partial charge is 0.260 e. The summed E-state index contributed by atoms with van der Waals surface area (Å²) < 4.78 is 5.32. The number of hydrogen-bond acceptors (Lipinski definition) is 5. The highest BCUT2D eigenvalue weighted by Crippen LogP contribution is 2.28. The van der Waals surface area contributed by atoms with Crippen molar-refractivity contribution in [2.45, 2.75) is 26.3 Å². The first-order valence-electron chi connectivity index (χ1n) is 9.68. The molecule has 3 aromatic rings. The molecule has 0 radical (unpaired) electrons. The quantitative estimate of drug-likeness (QED) is 0.698. The summed E-state index contributed by atoms with van der Waals surface area (Å²) >= 11 is 0. The van der Waals surface area contributed by atoms with E-state index in [0.717, 1.165) is 5.56 Å². The van der Waals surface area contributed by atoms with Crippen LogP contribution in [0.1, 0.15) is 24.7 Å². The number of carbonyl (C=O) groups is 2. The number of benzene rings is 2. The number of anilines is 1. The molecule has 0 saturated carbocycles. The largest absolute Gasteiger partial charge is 0.338 e. The summed E-state index contributed by atoms with van der Waals surface area (Å²) in [6.45, 7) is 2.87. The van der Waals surface area contributed by atoms with E-state index >= 15 is 0 Å². The molecule has 2 aromatic carbocycles. The number of nitrogens with one attached hydrogen (secondary N) is 1. The summed E-state index contributed by atoms with van der Waals surface area (Å²) in [5.74, 6) is 0.390. The van der Waals surface area contributed by atoms with Crippen molar-refractivity contribution in [1.29, 1.82) is 0 Å². The second kappa shape index (κ2) is 8.26. The molecule has 1 aliphatic heterocycles. The van der Waals surface area contributed by atoms with E-state index in [9.17, 15) is 9.59 Å². The highest BCUT2D eigenvalue weighted by Gasteiger charge is 2.34. The van der Waals surface area contributed by atoms with Crippen molar-refractivity contribution in [3.63, 3.8) is 0 Å². The van der Waals surface area contributed by atoms with Crippen LogP contribution < -0.4 is 5.32 Å². The molecule has 1 aliphatic rings. The van der Waals surface area contributed by atoms with E-state index in [-0.39, 0.29) is 18.2 Å². The van der Waals surface area contributed by atoms with Gasteiger partial charge in [0.05, 0.1) is 17.2 Å². The number of aryl methyl sites for hydroxylation is 1. The third-order valence-corrected chi connectivity index (χ3v) is 5.00. The molecular formula is C22H22N4O3. The van der Waals surface area contributed by atoms with Crippen LogP contribution in [0, 0.1) is 5.92 Å². The van der Waals surface area contributed by atoms with Crippen LogP contribution in [0.4, 0.5) is 5.69 Å². The number of para-hydroxylation sites is 1. The van der Waals surface area contributed by atoms with Crippen LogP contribution in [0.15, 0.2) is 59.1 Å². The summed E-state index contributed by atoms with van der Waals surface area (Å²) in [5.41, 5.74) is 2.31. The molecule has 7 heteroatoms. The van der Waals surface area contributed by atoms with Gasteiger partial charge < -0.3 is 14.7 Å². The van der Waals surface area contributed by atoms with Crippen LogP contribution in [-0.4, -0.2) is 33.4 Å². The molecule has 0 spiro atoms. The van der Waals surface area contributed by atoms with Gasteiger partial charge in [-0.3, -0.25) is 9.59 Å². The topological polar surface area (TPSA) is 88.3 Å². The maximum atomic E-state index is 12.8. The number of rotatable bonds is 6. The van der Waals surface area contributed by atoms with Gasteiger partial charge in [0.1, 0.15) is 0 Å². The minimum absolute atomic E-state index is 0.00761. The van der Waals surface area contributed by atoms with Gasteiger partial charge in [0.15, 0.2) is 5.82 Å². The van der Waals surface area contributed by atoms with E-state index in [0.29, 0.717) is 42.5 Å². The molecule has 2 amide bonds. The first-order chi connectivity index (χ1) is 14.1. The van der Waals surface area contributed by atoms with Crippen molar-refractivity contribution in [3.05, 3.63) is 66.0 Å². The first kappa shape index (κ1) is 18.9.